The van der Waals surface area contributed by atoms with E-state index < -0.39 is 17.4 Å². The average Bonchev–Trinajstić information content (AvgIpc) is 2.41. The van der Waals surface area contributed by atoms with Gasteiger partial charge in [-0.1, -0.05) is 38.5 Å². The van der Waals surface area contributed by atoms with Gasteiger partial charge >= 0.3 is 49.7 Å². The van der Waals surface area contributed by atoms with Crippen LogP contribution < -0.4 is 0 Å². The third kappa shape index (κ3) is 3.33. The molecule has 2 rings (SSSR count). The second kappa shape index (κ2) is 8.00. The van der Waals surface area contributed by atoms with Crippen molar-refractivity contribution in [1.29, 1.82) is 0 Å². The van der Waals surface area contributed by atoms with Crippen LogP contribution in [0.5, 0.6) is 0 Å². The molecule has 0 amide bonds. The van der Waals surface area contributed by atoms with Crippen molar-refractivity contribution in [3.63, 3.8) is 0 Å². The number of hydrogen-bond donors (Lipinski definition) is 2. The molecule has 0 bridgehead atoms. The van der Waals surface area contributed by atoms with Crippen LogP contribution >= 0.6 is 0 Å². The molecule has 0 aromatic rings. The van der Waals surface area contributed by atoms with E-state index in [9.17, 15) is 19.8 Å². The fourth-order valence-electron chi connectivity index (χ4n) is 4.24. The van der Waals surface area contributed by atoms with Gasteiger partial charge in [0.25, 0.3) is 0 Å². The molecular formula is C15H26CaO4. The SMILES string of the molecule is O=C(O)C(C(=O)O)(C1CCCCC1)C1CCCCC1.[CaH2]. The Morgan fingerprint density at radius 3 is 1.25 bits per heavy atom. The van der Waals surface area contributed by atoms with Crippen molar-refractivity contribution < 1.29 is 19.8 Å². The van der Waals surface area contributed by atoms with E-state index in [4.69, 9.17) is 0 Å². The first kappa shape index (κ1) is 18.2. The van der Waals surface area contributed by atoms with Crippen LogP contribution in [0, 0.1) is 17.3 Å². The molecule has 0 saturated heterocycles. The number of hydrogen-bond acceptors (Lipinski definition) is 2. The van der Waals surface area contributed by atoms with Gasteiger partial charge in [-0.05, 0) is 37.5 Å². The molecule has 0 atom stereocenters. The van der Waals surface area contributed by atoms with Crippen molar-refractivity contribution in [3.05, 3.63) is 0 Å². The molecule has 2 N–H and O–H groups in total. The molecule has 0 aromatic heterocycles. The number of aliphatic carboxylic acids is 2. The van der Waals surface area contributed by atoms with Gasteiger partial charge in [0.05, 0.1) is 0 Å². The zero-order chi connectivity index (χ0) is 13.9. The van der Waals surface area contributed by atoms with Crippen LogP contribution in [-0.4, -0.2) is 59.9 Å². The molecule has 0 unspecified atom stereocenters. The van der Waals surface area contributed by atoms with Gasteiger partial charge in [0.1, 0.15) is 0 Å². The summed E-state index contributed by atoms with van der Waals surface area (Å²) in [6.07, 6.45) is 9.14. The fourth-order valence-corrected chi connectivity index (χ4v) is 4.24. The maximum absolute atomic E-state index is 11.9. The standard InChI is InChI=1S/C15H24O4.Ca.2H/c16-13(17)15(14(18)19,11-7-3-1-4-8-11)12-9-5-2-6-10-12;;;/h11-12H,1-10H2,(H,16,17)(H,18,19);;;. The first-order valence-corrected chi connectivity index (χ1v) is 7.57. The molecule has 0 aliphatic heterocycles. The Morgan fingerprint density at radius 1 is 0.700 bits per heavy atom. The molecule has 20 heavy (non-hydrogen) atoms. The number of carboxylic acid groups (broad SMARTS) is 2. The van der Waals surface area contributed by atoms with Crippen LogP contribution in [-0.2, 0) is 9.59 Å². The normalized spacial score (nSPS) is 22.0. The van der Waals surface area contributed by atoms with Crippen LogP contribution in [0.2, 0.25) is 0 Å². The van der Waals surface area contributed by atoms with Crippen LogP contribution in [0.15, 0.2) is 0 Å². The summed E-state index contributed by atoms with van der Waals surface area (Å²) in [6, 6.07) is 0. The summed E-state index contributed by atoms with van der Waals surface area (Å²) >= 11 is 0. The van der Waals surface area contributed by atoms with Crippen molar-refractivity contribution in [2.45, 2.75) is 64.2 Å². The Hall–Kier alpha value is 0.200. The number of carbonyl (C=O) groups is 2. The van der Waals surface area contributed by atoms with Gasteiger partial charge in [-0.3, -0.25) is 9.59 Å². The second-order valence-electron chi connectivity index (χ2n) is 6.15. The fraction of sp³-hybridized carbons (Fsp3) is 0.867. The minimum atomic E-state index is -1.53. The molecule has 0 aromatic carbocycles. The van der Waals surface area contributed by atoms with Crippen LogP contribution in [0.1, 0.15) is 64.2 Å². The molecule has 2 fully saturated rings. The summed E-state index contributed by atoms with van der Waals surface area (Å²) in [6.45, 7) is 0. The Kier molecular flexibility index (Phi) is 7.30. The van der Waals surface area contributed by atoms with Crippen LogP contribution in [0.3, 0.4) is 0 Å². The van der Waals surface area contributed by atoms with Gasteiger partial charge in [0.2, 0.25) is 0 Å². The van der Waals surface area contributed by atoms with E-state index in [0.29, 0.717) is 0 Å². The third-order valence-corrected chi connectivity index (χ3v) is 5.21. The monoisotopic (exact) mass is 310 g/mol. The quantitative estimate of drug-likeness (QED) is 0.617. The Bertz CT molecular complexity index is 310. The minimum absolute atomic E-state index is 0. The summed E-state index contributed by atoms with van der Waals surface area (Å²) in [5.41, 5.74) is -1.53. The van der Waals surface area contributed by atoms with Crippen molar-refractivity contribution in [2.24, 2.45) is 17.3 Å². The summed E-state index contributed by atoms with van der Waals surface area (Å²) in [4.78, 5) is 23.8. The van der Waals surface area contributed by atoms with Crippen molar-refractivity contribution in [2.75, 3.05) is 0 Å². The van der Waals surface area contributed by atoms with Gasteiger partial charge < -0.3 is 10.2 Å². The topological polar surface area (TPSA) is 74.6 Å². The van der Waals surface area contributed by atoms with Gasteiger partial charge in [0.15, 0.2) is 5.41 Å². The van der Waals surface area contributed by atoms with Gasteiger partial charge in [-0.15, -0.1) is 0 Å². The Labute approximate surface area is 150 Å². The predicted octanol–water partition coefficient (Wildman–Crippen LogP) is 2.39. The van der Waals surface area contributed by atoms with Crippen molar-refractivity contribution in [1.82, 2.24) is 0 Å². The van der Waals surface area contributed by atoms with Crippen molar-refractivity contribution >= 4 is 49.7 Å². The molecule has 0 heterocycles. The van der Waals surface area contributed by atoms with Crippen LogP contribution in [0.25, 0.3) is 0 Å². The van der Waals surface area contributed by atoms with E-state index in [2.05, 4.69) is 0 Å². The van der Waals surface area contributed by atoms with Gasteiger partial charge in [-0.25, -0.2) is 0 Å². The molecule has 5 heteroatoms. The van der Waals surface area contributed by atoms with Gasteiger partial charge in [-0.2, -0.15) is 0 Å². The molecule has 112 valence electrons. The summed E-state index contributed by atoms with van der Waals surface area (Å²) < 4.78 is 0. The molecule has 0 radical (unpaired) electrons. The zero-order valence-corrected chi connectivity index (χ0v) is 11.4. The second-order valence-corrected chi connectivity index (χ2v) is 6.15. The molecule has 2 aliphatic carbocycles. The zero-order valence-electron chi connectivity index (χ0n) is 11.4. The Balaban J connectivity index is 0.00000200. The first-order valence-electron chi connectivity index (χ1n) is 7.57. The molecular weight excluding hydrogens is 284 g/mol. The maximum atomic E-state index is 11.9. The Morgan fingerprint density at radius 2 is 1.00 bits per heavy atom. The number of rotatable bonds is 4. The third-order valence-electron chi connectivity index (χ3n) is 5.21. The molecule has 2 aliphatic rings. The van der Waals surface area contributed by atoms with Gasteiger partial charge in [0, 0.05) is 0 Å². The van der Waals surface area contributed by atoms with E-state index in [1.54, 1.807) is 0 Å². The van der Waals surface area contributed by atoms with E-state index in [1.807, 2.05) is 0 Å². The van der Waals surface area contributed by atoms with E-state index >= 15 is 0 Å². The number of carboxylic acids is 2. The molecule has 0 spiro atoms. The van der Waals surface area contributed by atoms with E-state index in [1.165, 1.54) is 0 Å². The first-order chi connectivity index (χ1) is 9.10. The molecule has 2 saturated carbocycles. The summed E-state index contributed by atoms with van der Waals surface area (Å²) in [7, 11) is 0. The average molecular weight is 310 g/mol. The van der Waals surface area contributed by atoms with Crippen LogP contribution in [0.4, 0.5) is 0 Å². The van der Waals surface area contributed by atoms with Crippen molar-refractivity contribution in [3.8, 4) is 0 Å². The summed E-state index contributed by atoms with van der Waals surface area (Å²) in [5.74, 6) is -2.56. The van der Waals surface area contributed by atoms with E-state index in [-0.39, 0.29) is 49.6 Å². The predicted molar refractivity (Wildman–Crippen MR) is 79.4 cm³/mol. The van der Waals surface area contributed by atoms with E-state index in [0.717, 1.165) is 64.2 Å². The molecule has 4 nitrogen and oxygen atoms in total. The summed E-state index contributed by atoms with van der Waals surface area (Å²) in [5, 5.41) is 19.4.